The topological polar surface area (TPSA) is 12.0 Å². The molecule has 0 atom stereocenters. The predicted octanol–water partition coefficient (Wildman–Crippen LogP) is 3.44. The van der Waals surface area contributed by atoms with Gasteiger partial charge in [0.1, 0.15) is 0 Å². The lowest BCUT2D eigenvalue weighted by Gasteiger charge is -2.19. The minimum absolute atomic E-state index is 0.502. The molecule has 3 heteroatoms. The van der Waals surface area contributed by atoms with Crippen LogP contribution in [0.5, 0.6) is 0 Å². The number of hydrogen-bond donors (Lipinski definition) is 1. The molecule has 14 heavy (non-hydrogen) atoms. The molecule has 72 valence electrons. The van der Waals surface area contributed by atoms with Gasteiger partial charge in [0.2, 0.25) is 0 Å². The minimum Gasteiger partial charge on any atom is -0.424 e. The highest BCUT2D eigenvalue weighted by Gasteiger charge is 2.15. The Balaban J connectivity index is 2.06. The van der Waals surface area contributed by atoms with Crippen LogP contribution in [0, 0.1) is 0 Å². The molecular formula is C11H13BBrN. The van der Waals surface area contributed by atoms with Crippen LogP contribution in [0.3, 0.4) is 0 Å². The lowest BCUT2D eigenvalue weighted by atomic mass is 9.57. The van der Waals surface area contributed by atoms with Crippen molar-refractivity contribution >= 4 is 34.5 Å². The van der Waals surface area contributed by atoms with Crippen LogP contribution < -0.4 is 5.23 Å². The zero-order valence-electron chi connectivity index (χ0n) is 8.04. The fourth-order valence-corrected chi connectivity index (χ4v) is 2.03. The van der Waals surface area contributed by atoms with Crippen molar-refractivity contribution in [2.75, 3.05) is 10.6 Å². The van der Waals surface area contributed by atoms with E-state index in [1.165, 1.54) is 24.0 Å². The number of halogens is 1. The zero-order chi connectivity index (χ0) is 9.80. The van der Waals surface area contributed by atoms with Crippen molar-refractivity contribution in [1.82, 2.24) is 0 Å². The average molecular weight is 250 g/mol. The highest BCUT2D eigenvalue weighted by molar-refractivity contribution is 9.09. The van der Waals surface area contributed by atoms with Gasteiger partial charge >= 0.3 is 0 Å². The van der Waals surface area contributed by atoms with E-state index in [1.807, 2.05) is 0 Å². The standard InChI is InChI=1S/C11H13BBrN/c13-9-3-7-12-8-6-10-4-1-2-5-11(10)14-12/h1-2,4-6,8,14H,3,7,9H2. The number of benzene rings is 1. The molecule has 1 aromatic carbocycles. The van der Waals surface area contributed by atoms with Gasteiger partial charge in [0.15, 0.2) is 0 Å². The summed E-state index contributed by atoms with van der Waals surface area (Å²) in [5, 5.41) is 4.61. The second kappa shape index (κ2) is 4.69. The quantitative estimate of drug-likeness (QED) is 0.639. The molecule has 0 amide bonds. The summed E-state index contributed by atoms with van der Waals surface area (Å²) in [7, 11) is 0. The Morgan fingerprint density at radius 3 is 3.00 bits per heavy atom. The molecule has 0 unspecified atom stereocenters. The van der Waals surface area contributed by atoms with Gasteiger partial charge in [-0.1, -0.05) is 46.2 Å². The molecule has 0 aliphatic carbocycles. The third-order valence-electron chi connectivity index (χ3n) is 2.46. The van der Waals surface area contributed by atoms with E-state index >= 15 is 0 Å². The summed E-state index contributed by atoms with van der Waals surface area (Å²) in [6.45, 7) is 0.502. The van der Waals surface area contributed by atoms with Gasteiger partial charge in [-0.25, -0.2) is 0 Å². The summed E-state index contributed by atoms with van der Waals surface area (Å²) in [6.07, 6.45) is 4.62. The van der Waals surface area contributed by atoms with Crippen molar-refractivity contribution in [1.29, 1.82) is 0 Å². The molecule has 1 aliphatic rings. The Kier molecular flexibility index (Phi) is 3.30. The highest BCUT2D eigenvalue weighted by Crippen LogP contribution is 2.22. The van der Waals surface area contributed by atoms with Crippen LogP contribution in [0.4, 0.5) is 5.69 Å². The largest absolute Gasteiger partial charge is 0.424 e. The predicted molar refractivity (Wildman–Crippen MR) is 68.1 cm³/mol. The first-order valence-electron chi connectivity index (χ1n) is 5.00. The third-order valence-corrected chi connectivity index (χ3v) is 3.02. The average Bonchev–Trinajstić information content (AvgIpc) is 2.26. The molecule has 0 bridgehead atoms. The number of fused-ring (bicyclic) bond motifs is 1. The second-order valence-corrected chi connectivity index (χ2v) is 4.32. The van der Waals surface area contributed by atoms with Crippen molar-refractivity contribution in [3.05, 3.63) is 35.8 Å². The summed E-state index contributed by atoms with van der Waals surface area (Å²) in [4.78, 5) is 0. The van der Waals surface area contributed by atoms with Crippen LogP contribution in [0.2, 0.25) is 6.32 Å². The van der Waals surface area contributed by atoms with Crippen LogP contribution in [0.25, 0.3) is 6.08 Å². The highest BCUT2D eigenvalue weighted by atomic mass is 79.9. The number of rotatable bonds is 3. The SMILES string of the molecule is BrCCCB1C=Cc2ccccc2N1. The summed E-state index contributed by atoms with van der Waals surface area (Å²) in [5.74, 6) is 2.25. The van der Waals surface area contributed by atoms with Crippen molar-refractivity contribution in [2.24, 2.45) is 0 Å². The molecule has 1 heterocycles. The molecule has 0 spiro atoms. The normalized spacial score (nSPS) is 13.6. The molecular weight excluding hydrogens is 237 g/mol. The van der Waals surface area contributed by atoms with Gasteiger partial charge in [0, 0.05) is 11.0 Å². The van der Waals surface area contributed by atoms with Gasteiger partial charge in [0.25, 0.3) is 6.85 Å². The summed E-state index contributed by atoms with van der Waals surface area (Å²) in [6, 6.07) is 8.43. The first kappa shape index (κ1) is 9.84. The number of hydrogen-bond acceptors (Lipinski definition) is 1. The third kappa shape index (κ3) is 2.21. The lowest BCUT2D eigenvalue weighted by Crippen LogP contribution is -2.25. The summed E-state index contributed by atoms with van der Waals surface area (Å²) < 4.78 is 0. The number of anilines is 1. The summed E-state index contributed by atoms with van der Waals surface area (Å²) >= 11 is 3.46. The van der Waals surface area contributed by atoms with Crippen molar-refractivity contribution < 1.29 is 0 Å². The fraction of sp³-hybridized carbons (Fsp3) is 0.273. The second-order valence-electron chi connectivity index (χ2n) is 3.53. The van der Waals surface area contributed by atoms with E-state index < -0.39 is 0 Å². The first-order chi connectivity index (χ1) is 6.90. The van der Waals surface area contributed by atoms with E-state index in [2.05, 4.69) is 57.5 Å². The van der Waals surface area contributed by atoms with E-state index in [0.29, 0.717) is 6.85 Å². The van der Waals surface area contributed by atoms with Crippen molar-refractivity contribution in [3.8, 4) is 0 Å². The van der Waals surface area contributed by atoms with Gasteiger partial charge in [0.05, 0.1) is 0 Å². The molecule has 2 rings (SSSR count). The van der Waals surface area contributed by atoms with E-state index in [0.717, 1.165) is 5.33 Å². The molecule has 0 aromatic heterocycles. The molecule has 0 saturated heterocycles. The number of para-hydroxylation sites is 1. The number of nitrogens with one attached hydrogen (secondary N) is 1. The maximum absolute atomic E-state index is 3.52. The van der Waals surface area contributed by atoms with E-state index in [1.54, 1.807) is 0 Å². The van der Waals surface area contributed by atoms with Gasteiger partial charge in [-0.2, -0.15) is 0 Å². The molecule has 0 saturated carbocycles. The lowest BCUT2D eigenvalue weighted by molar-refractivity contribution is 1.09. The van der Waals surface area contributed by atoms with Crippen LogP contribution >= 0.6 is 15.9 Å². The van der Waals surface area contributed by atoms with Gasteiger partial charge in [-0.15, -0.1) is 0 Å². The zero-order valence-corrected chi connectivity index (χ0v) is 9.63. The fourth-order valence-electron chi connectivity index (χ4n) is 1.71. The van der Waals surface area contributed by atoms with Gasteiger partial charge in [-0.05, 0) is 24.4 Å². The molecule has 0 fully saturated rings. The molecule has 1 aliphatic heterocycles. The smallest absolute Gasteiger partial charge is 0.278 e. The van der Waals surface area contributed by atoms with Crippen molar-refractivity contribution in [3.63, 3.8) is 0 Å². The van der Waals surface area contributed by atoms with E-state index in [4.69, 9.17) is 0 Å². The van der Waals surface area contributed by atoms with Crippen molar-refractivity contribution in [2.45, 2.75) is 12.7 Å². The minimum atomic E-state index is 0.502. The van der Waals surface area contributed by atoms with Crippen LogP contribution in [-0.4, -0.2) is 12.2 Å². The first-order valence-corrected chi connectivity index (χ1v) is 6.12. The Hall–Kier alpha value is -0.695. The van der Waals surface area contributed by atoms with Crippen LogP contribution in [0.1, 0.15) is 12.0 Å². The van der Waals surface area contributed by atoms with E-state index in [-0.39, 0.29) is 0 Å². The number of alkyl halides is 1. The molecule has 0 radical (unpaired) electrons. The molecule has 1 aromatic rings. The summed E-state index contributed by atoms with van der Waals surface area (Å²) in [5.41, 5.74) is 2.55. The maximum Gasteiger partial charge on any atom is 0.278 e. The monoisotopic (exact) mass is 249 g/mol. The van der Waals surface area contributed by atoms with Gasteiger partial charge in [-0.3, -0.25) is 0 Å². The molecule has 1 N–H and O–H groups in total. The Labute approximate surface area is 93.8 Å². The Morgan fingerprint density at radius 1 is 1.29 bits per heavy atom. The van der Waals surface area contributed by atoms with E-state index in [9.17, 15) is 0 Å². The maximum atomic E-state index is 3.52. The van der Waals surface area contributed by atoms with Gasteiger partial charge < -0.3 is 5.23 Å². The Bertz CT molecular complexity index is 338. The Morgan fingerprint density at radius 2 is 2.14 bits per heavy atom. The van der Waals surface area contributed by atoms with Crippen LogP contribution in [-0.2, 0) is 0 Å². The molecule has 1 nitrogen and oxygen atoms in total. The van der Waals surface area contributed by atoms with Crippen LogP contribution in [0.15, 0.2) is 30.2 Å².